The average Bonchev–Trinajstić information content (AvgIpc) is 2.24. The first-order chi connectivity index (χ1) is 7.69. The Kier molecular flexibility index (Phi) is 3.26. The third kappa shape index (κ3) is 1.85. The second kappa shape index (κ2) is 4.52. The molecule has 0 spiro atoms. The number of nitrogens with two attached hydrogens (primary N) is 1. The van der Waals surface area contributed by atoms with Crippen molar-refractivity contribution in [2.75, 3.05) is 20.6 Å². The number of rotatable bonds is 4. The number of hydrogen-bond acceptors (Lipinski definition) is 3. The molecule has 0 radical (unpaired) electrons. The Hall–Kier alpha value is -0.930. The molecule has 0 amide bonds. The van der Waals surface area contributed by atoms with Gasteiger partial charge >= 0.3 is 0 Å². The molecule has 3 heteroatoms. The van der Waals surface area contributed by atoms with Crippen LogP contribution < -0.4 is 5.73 Å². The molecule has 1 aromatic heterocycles. The maximum Gasteiger partial charge on any atom is 0.0411 e. The molecule has 1 aliphatic rings. The van der Waals surface area contributed by atoms with Crippen molar-refractivity contribution in [3.63, 3.8) is 0 Å². The molecule has 0 aromatic carbocycles. The minimum Gasteiger partial charge on any atom is -0.330 e. The van der Waals surface area contributed by atoms with Gasteiger partial charge in [-0.25, -0.2) is 0 Å². The highest BCUT2D eigenvalue weighted by Gasteiger charge is 2.44. The molecule has 1 saturated carbocycles. The summed E-state index contributed by atoms with van der Waals surface area (Å²) in [6.07, 6.45) is 7.54. The molecule has 1 aromatic rings. The van der Waals surface area contributed by atoms with Crippen molar-refractivity contribution in [2.24, 2.45) is 11.1 Å². The Morgan fingerprint density at radius 2 is 2.00 bits per heavy atom. The van der Waals surface area contributed by atoms with Gasteiger partial charge in [-0.1, -0.05) is 6.42 Å². The van der Waals surface area contributed by atoms with E-state index in [1.54, 1.807) is 0 Å². The van der Waals surface area contributed by atoms with Crippen LogP contribution in [0, 0.1) is 5.41 Å². The average molecular weight is 219 g/mol. The zero-order chi connectivity index (χ0) is 11.6. The molecule has 88 valence electrons. The third-order valence-corrected chi connectivity index (χ3v) is 3.87. The van der Waals surface area contributed by atoms with E-state index in [4.69, 9.17) is 5.73 Å². The lowest BCUT2D eigenvalue weighted by Gasteiger charge is -2.50. The van der Waals surface area contributed by atoms with Gasteiger partial charge in [0.2, 0.25) is 0 Å². The van der Waals surface area contributed by atoms with Crippen molar-refractivity contribution in [3.05, 3.63) is 30.1 Å². The molecule has 0 saturated heterocycles. The molecule has 0 aliphatic heterocycles. The van der Waals surface area contributed by atoms with E-state index in [0.717, 1.165) is 6.54 Å². The van der Waals surface area contributed by atoms with Gasteiger partial charge in [-0.3, -0.25) is 4.98 Å². The molecular weight excluding hydrogens is 198 g/mol. The Balaban J connectivity index is 2.31. The second-order valence-electron chi connectivity index (χ2n) is 5.07. The highest BCUT2D eigenvalue weighted by molar-refractivity contribution is 5.20. The lowest BCUT2D eigenvalue weighted by Crippen LogP contribution is -2.47. The first-order valence-corrected chi connectivity index (χ1v) is 5.96. The summed E-state index contributed by atoms with van der Waals surface area (Å²) in [6, 6.07) is 4.65. The van der Waals surface area contributed by atoms with Gasteiger partial charge in [0, 0.05) is 23.9 Å². The largest absolute Gasteiger partial charge is 0.330 e. The van der Waals surface area contributed by atoms with E-state index in [9.17, 15) is 0 Å². The predicted molar refractivity (Wildman–Crippen MR) is 66.0 cm³/mol. The fourth-order valence-corrected chi connectivity index (χ4v) is 2.97. The van der Waals surface area contributed by atoms with Gasteiger partial charge in [0.25, 0.3) is 0 Å². The van der Waals surface area contributed by atoms with E-state index >= 15 is 0 Å². The highest BCUT2D eigenvalue weighted by Crippen LogP contribution is 2.51. The van der Waals surface area contributed by atoms with E-state index in [-0.39, 0.29) is 5.41 Å². The van der Waals surface area contributed by atoms with Crippen LogP contribution in [0.4, 0.5) is 0 Å². The minimum absolute atomic E-state index is 0.283. The van der Waals surface area contributed by atoms with Crippen molar-refractivity contribution in [3.8, 4) is 0 Å². The van der Waals surface area contributed by atoms with E-state index in [2.05, 4.69) is 36.1 Å². The maximum atomic E-state index is 6.00. The van der Waals surface area contributed by atoms with Crippen LogP contribution in [0.3, 0.4) is 0 Å². The van der Waals surface area contributed by atoms with Gasteiger partial charge < -0.3 is 10.6 Å². The van der Waals surface area contributed by atoms with Crippen LogP contribution in [0.15, 0.2) is 24.5 Å². The summed E-state index contributed by atoms with van der Waals surface area (Å²) >= 11 is 0. The third-order valence-electron chi connectivity index (χ3n) is 3.87. The summed E-state index contributed by atoms with van der Waals surface area (Å²) in [7, 11) is 4.28. The van der Waals surface area contributed by atoms with Crippen molar-refractivity contribution >= 4 is 0 Å². The van der Waals surface area contributed by atoms with Crippen LogP contribution in [-0.4, -0.2) is 30.5 Å². The van der Waals surface area contributed by atoms with Crippen LogP contribution in [-0.2, 0) is 0 Å². The summed E-state index contributed by atoms with van der Waals surface area (Å²) in [6.45, 7) is 0.776. The molecule has 1 aliphatic carbocycles. The number of aromatic nitrogens is 1. The Morgan fingerprint density at radius 1 is 1.38 bits per heavy atom. The van der Waals surface area contributed by atoms with Crippen molar-refractivity contribution in [1.82, 2.24) is 9.88 Å². The first-order valence-electron chi connectivity index (χ1n) is 5.96. The van der Waals surface area contributed by atoms with Gasteiger partial charge in [-0.15, -0.1) is 0 Å². The number of nitrogens with zero attached hydrogens (tertiary/aromatic N) is 2. The smallest absolute Gasteiger partial charge is 0.0411 e. The van der Waals surface area contributed by atoms with Gasteiger partial charge in [-0.05, 0) is 51.2 Å². The van der Waals surface area contributed by atoms with Crippen LogP contribution in [0.2, 0.25) is 0 Å². The predicted octanol–water partition coefficient (Wildman–Crippen LogP) is 1.81. The molecule has 1 fully saturated rings. The molecule has 0 bridgehead atoms. The second-order valence-corrected chi connectivity index (χ2v) is 5.07. The monoisotopic (exact) mass is 219 g/mol. The molecule has 16 heavy (non-hydrogen) atoms. The van der Waals surface area contributed by atoms with Gasteiger partial charge in [0.15, 0.2) is 0 Å². The molecule has 1 atom stereocenters. The molecule has 2 rings (SSSR count). The molecule has 3 nitrogen and oxygen atoms in total. The van der Waals surface area contributed by atoms with Crippen LogP contribution >= 0.6 is 0 Å². The van der Waals surface area contributed by atoms with Crippen molar-refractivity contribution in [2.45, 2.75) is 25.3 Å². The maximum absolute atomic E-state index is 6.00. The van der Waals surface area contributed by atoms with Crippen LogP contribution in [0.25, 0.3) is 0 Å². The van der Waals surface area contributed by atoms with Crippen LogP contribution in [0.5, 0.6) is 0 Å². The Labute approximate surface area is 97.7 Å². The van der Waals surface area contributed by atoms with Gasteiger partial charge in [0.1, 0.15) is 0 Å². The van der Waals surface area contributed by atoms with Crippen molar-refractivity contribution in [1.29, 1.82) is 0 Å². The summed E-state index contributed by atoms with van der Waals surface area (Å²) in [5.41, 5.74) is 7.62. The molecule has 1 heterocycles. The molecule has 2 N–H and O–H groups in total. The zero-order valence-electron chi connectivity index (χ0n) is 10.2. The van der Waals surface area contributed by atoms with Crippen molar-refractivity contribution < 1.29 is 0 Å². The van der Waals surface area contributed by atoms with E-state index in [1.165, 1.54) is 24.8 Å². The minimum atomic E-state index is 0.283. The quantitative estimate of drug-likeness (QED) is 0.840. The fourth-order valence-electron chi connectivity index (χ4n) is 2.97. The lowest BCUT2D eigenvalue weighted by atomic mass is 9.62. The standard InChI is InChI=1S/C13H21N3/c1-16(2)12(11-4-8-15-9-5-11)13(10-14)6-3-7-13/h4-5,8-9,12H,3,6-7,10,14H2,1-2H3. The zero-order valence-corrected chi connectivity index (χ0v) is 10.2. The Morgan fingerprint density at radius 3 is 2.38 bits per heavy atom. The number of hydrogen-bond donors (Lipinski definition) is 1. The molecular formula is C13H21N3. The summed E-state index contributed by atoms with van der Waals surface area (Å²) in [5.74, 6) is 0. The molecule has 1 unspecified atom stereocenters. The summed E-state index contributed by atoms with van der Waals surface area (Å²) < 4.78 is 0. The van der Waals surface area contributed by atoms with E-state index in [0.29, 0.717) is 6.04 Å². The van der Waals surface area contributed by atoms with E-state index in [1.807, 2.05) is 12.4 Å². The Bertz CT molecular complexity index is 325. The van der Waals surface area contributed by atoms with Crippen LogP contribution in [0.1, 0.15) is 30.9 Å². The number of pyridine rings is 1. The SMILES string of the molecule is CN(C)C(c1ccncc1)C1(CN)CCC1. The van der Waals surface area contributed by atoms with Gasteiger partial charge in [0.05, 0.1) is 0 Å². The lowest BCUT2D eigenvalue weighted by molar-refractivity contribution is 0.0281. The highest BCUT2D eigenvalue weighted by atomic mass is 15.1. The van der Waals surface area contributed by atoms with E-state index < -0.39 is 0 Å². The fraction of sp³-hybridized carbons (Fsp3) is 0.615. The van der Waals surface area contributed by atoms with Gasteiger partial charge in [-0.2, -0.15) is 0 Å². The first kappa shape index (κ1) is 11.6. The summed E-state index contributed by atoms with van der Waals surface area (Å²) in [4.78, 5) is 6.38. The topological polar surface area (TPSA) is 42.2 Å². The summed E-state index contributed by atoms with van der Waals surface area (Å²) in [5, 5.41) is 0. The normalized spacial score (nSPS) is 20.5.